The van der Waals surface area contributed by atoms with E-state index in [0.29, 0.717) is 0 Å². The van der Waals surface area contributed by atoms with Crippen molar-refractivity contribution in [1.82, 2.24) is 10.3 Å². The van der Waals surface area contributed by atoms with Crippen LogP contribution in [0.15, 0.2) is 9.98 Å². The van der Waals surface area contributed by atoms with Crippen LogP contribution in [-0.2, 0) is 4.74 Å². The molecule has 2 heterocycles. The number of hydrogen-bond donors (Lipinski definition) is 1. The molecule has 0 bridgehead atoms. The maximum Gasteiger partial charge on any atom is 0.110 e. The number of nitrogens with one attached hydrogen (secondary N) is 1. The first-order valence-electron chi connectivity index (χ1n) is 5.58. The lowest BCUT2D eigenvalue weighted by atomic mass is 10.0. The molecule has 0 spiro atoms. The zero-order valence-corrected chi connectivity index (χ0v) is 12.0. The Bertz CT molecular complexity index is 350. The molecule has 90 valence electrons. The molecule has 5 heteroatoms. The summed E-state index contributed by atoms with van der Waals surface area (Å²) in [6.07, 6.45) is 4.18. The maximum atomic E-state index is 5.74. The molecule has 0 aliphatic carbocycles. The van der Waals surface area contributed by atoms with Crippen LogP contribution in [0.25, 0.3) is 0 Å². The Hall–Kier alpha value is 0.0300. The smallest absolute Gasteiger partial charge is 0.110 e. The topological polar surface area (TPSA) is 34.1 Å². The van der Waals surface area contributed by atoms with E-state index in [1.165, 1.54) is 6.42 Å². The summed E-state index contributed by atoms with van der Waals surface area (Å²) >= 11 is 5.11. The quantitative estimate of drug-likeness (QED) is 0.928. The van der Waals surface area contributed by atoms with Gasteiger partial charge in [0.15, 0.2) is 0 Å². The van der Waals surface area contributed by atoms with Crippen molar-refractivity contribution in [2.75, 3.05) is 13.2 Å². The van der Waals surface area contributed by atoms with Crippen LogP contribution in [0.3, 0.4) is 0 Å². The molecule has 1 aromatic heterocycles. The van der Waals surface area contributed by atoms with E-state index < -0.39 is 0 Å². The van der Waals surface area contributed by atoms with Crippen molar-refractivity contribution in [1.29, 1.82) is 0 Å². The zero-order valence-electron chi connectivity index (χ0n) is 9.62. The fourth-order valence-electron chi connectivity index (χ4n) is 1.90. The van der Waals surface area contributed by atoms with Gasteiger partial charge >= 0.3 is 0 Å². The first-order valence-corrected chi connectivity index (χ1v) is 7.19. The number of hydrogen-bond acceptors (Lipinski definition) is 4. The molecular formula is C11H17BrN2OS. The molecule has 1 aromatic rings. The van der Waals surface area contributed by atoms with Gasteiger partial charge in [-0.1, -0.05) is 0 Å². The average Bonchev–Trinajstić information content (AvgIpc) is 2.85. The minimum absolute atomic E-state index is 0.0166. The second kappa shape index (κ2) is 5.12. The van der Waals surface area contributed by atoms with Gasteiger partial charge in [0.2, 0.25) is 0 Å². The van der Waals surface area contributed by atoms with E-state index in [0.717, 1.165) is 28.4 Å². The molecule has 0 radical (unpaired) electrons. The van der Waals surface area contributed by atoms with E-state index in [1.54, 1.807) is 11.3 Å². The van der Waals surface area contributed by atoms with Crippen LogP contribution in [0.5, 0.6) is 0 Å². The number of aromatic nitrogens is 1. The molecule has 0 saturated carbocycles. The van der Waals surface area contributed by atoms with Crippen molar-refractivity contribution in [3.05, 3.63) is 15.0 Å². The van der Waals surface area contributed by atoms with Gasteiger partial charge in [0.25, 0.3) is 0 Å². The molecule has 3 nitrogen and oxygen atoms in total. The Kier molecular flexibility index (Phi) is 4.00. The molecular weight excluding hydrogens is 288 g/mol. The summed E-state index contributed by atoms with van der Waals surface area (Å²) in [7, 11) is 0. The summed E-state index contributed by atoms with van der Waals surface area (Å²) in [6.45, 7) is 6.11. The van der Waals surface area contributed by atoms with Gasteiger partial charge in [0, 0.05) is 13.2 Å². The predicted molar refractivity (Wildman–Crippen MR) is 69.8 cm³/mol. The average molecular weight is 305 g/mol. The van der Waals surface area contributed by atoms with Crippen molar-refractivity contribution in [3.8, 4) is 0 Å². The van der Waals surface area contributed by atoms with Crippen LogP contribution in [0, 0.1) is 0 Å². The van der Waals surface area contributed by atoms with E-state index in [9.17, 15) is 0 Å². The Morgan fingerprint density at radius 2 is 2.56 bits per heavy atom. The van der Waals surface area contributed by atoms with Crippen LogP contribution in [-0.4, -0.2) is 23.7 Å². The van der Waals surface area contributed by atoms with E-state index in [-0.39, 0.29) is 11.6 Å². The highest BCUT2D eigenvalue weighted by molar-refractivity contribution is 9.11. The number of nitrogens with zero attached hydrogens (tertiary/aromatic N) is 1. The molecule has 1 aliphatic rings. The van der Waals surface area contributed by atoms with Crippen molar-refractivity contribution >= 4 is 27.3 Å². The number of ether oxygens (including phenoxy) is 1. The van der Waals surface area contributed by atoms with Gasteiger partial charge in [0.05, 0.1) is 21.6 Å². The molecule has 1 saturated heterocycles. The van der Waals surface area contributed by atoms with Crippen LogP contribution >= 0.6 is 27.3 Å². The zero-order chi connectivity index (χ0) is 11.6. The van der Waals surface area contributed by atoms with Gasteiger partial charge in [-0.05, 0) is 42.6 Å². The second-order valence-corrected chi connectivity index (χ2v) is 6.95. The summed E-state index contributed by atoms with van der Waals surface area (Å²) in [6, 6.07) is 0.289. The van der Waals surface area contributed by atoms with Crippen molar-refractivity contribution in [2.24, 2.45) is 0 Å². The summed E-state index contributed by atoms with van der Waals surface area (Å²) in [5, 5.41) is 4.62. The van der Waals surface area contributed by atoms with Crippen LogP contribution in [0.1, 0.15) is 37.7 Å². The molecule has 2 rings (SSSR count). The molecule has 2 atom stereocenters. The van der Waals surface area contributed by atoms with Crippen molar-refractivity contribution in [3.63, 3.8) is 0 Å². The van der Waals surface area contributed by atoms with Gasteiger partial charge in [-0.25, -0.2) is 4.98 Å². The number of rotatable bonds is 4. The van der Waals surface area contributed by atoms with Crippen LogP contribution < -0.4 is 5.32 Å². The standard InChI is InChI=1S/C11H17BrN2OS/c1-8(10-13-6-9(12)16-10)14-7-11(2)4-3-5-15-11/h6,8,14H,3-5,7H2,1-2H3. The summed E-state index contributed by atoms with van der Waals surface area (Å²) in [5.74, 6) is 0. The van der Waals surface area contributed by atoms with Crippen molar-refractivity contribution in [2.45, 2.75) is 38.3 Å². The normalized spacial score (nSPS) is 27.2. The first kappa shape index (κ1) is 12.5. The SMILES string of the molecule is CC(NCC1(C)CCCO1)c1ncc(Br)s1. The third-order valence-corrected chi connectivity index (χ3v) is 4.61. The Morgan fingerprint density at radius 1 is 1.75 bits per heavy atom. The molecule has 0 aromatic carbocycles. The highest BCUT2D eigenvalue weighted by atomic mass is 79.9. The highest BCUT2D eigenvalue weighted by Gasteiger charge is 2.30. The minimum Gasteiger partial charge on any atom is -0.374 e. The Balaban J connectivity index is 1.86. The van der Waals surface area contributed by atoms with Gasteiger partial charge in [0.1, 0.15) is 5.01 Å². The van der Waals surface area contributed by atoms with Crippen molar-refractivity contribution < 1.29 is 4.74 Å². The molecule has 1 N–H and O–H groups in total. The maximum absolute atomic E-state index is 5.74. The van der Waals surface area contributed by atoms with E-state index in [4.69, 9.17) is 4.74 Å². The second-order valence-electron chi connectivity index (χ2n) is 4.51. The monoisotopic (exact) mass is 304 g/mol. The largest absolute Gasteiger partial charge is 0.374 e. The van der Waals surface area contributed by atoms with Crippen LogP contribution in [0.2, 0.25) is 0 Å². The predicted octanol–water partition coefficient (Wildman–Crippen LogP) is 3.13. The highest BCUT2D eigenvalue weighted by Crippen LogP contribution is 2.27. The lowest BCUT2D eigenvalue weighted by Gasteiger charge is -2.25. The summed E-state index contributed by atoms with van der Waals surface area (Å²) < 4.78 is 6.83. The van der Waals surface area contributed by atoms with E-state index in [1.807, 2.05) is 6.20 Å². The van der Waals surface area contributed by atoms with Crippen LogP contribution in [0.4, 0.5) is 0 Å². The number of thiazole rings is 1. The fraction of sp³-hybridized carbons (Fsp3) is 0.727. The molecule has 16 heavy (non-hydrogen) atoms. The summed E-state index contributed by atoms with van der Waals surface area (Å²) in [5.41, 5.74) is 0.0166. The molecule has 2 unspecified atom stereocenters. The lowest BCUT2D eigenvalue weighted by molar-refractivity contribution is 0.0191. The third kappa shape index (κ3) is 3.03. The Morgan fingerprint density at radius 3 is 3.12 bits per heavy atom. The van der Waals surface area contributed by atoms with Gasteiger partial charge in [-0.15, -0.1) is 11.3 Å². The number of halogens is 1. The Labute approximate surface area is 109 Å². The lowest BCUT2D eigenvalue weighted by Crippen LogP contribution is -2.38. The van der Waals surface area contributed by atoms with Gasteiger partial charge < -0.3 is 10.1 Å². The molecule has 1 fully saturated rings. The fourth-order valence-corrected chi connectivity index (χ4v) is 3.17. The molecule has 0 amide bonds. The minimum atomic E-state index is 0.0166. The van der Waals surface area contributed by atoms with Gasteiger partial charge in [-0.3, -0.25) is 0 Å². The van der Waals surface area contributed by atoms with E-state index in [2.05, 4.69) is 40.1 Å². The first-order chi connectivity index (χ1) is 7.59. The van der Waals surface area contributed by atoms with Gasteiger partial charge in [-0.2, -0.15) is 0 Å². The third-order valence-electron chi connectivity index (χ3n) is 2.95. The summed E-state index contributed by atoms with van der Waals surface area (Å²) in [4.78, 5) is 4.35. The van der Waals surface area contributed by atoms with E-state index >= 15 is 0 Å². The molecule has 1 aliphatic heterocycles.